The summed E-state index contributed by atoms with van der Waals surface area (Å²) in [4.78, 5) is 22.1. The number of thioether (sulfide) groups is 1. The molecule has 0 saturated carbocycles. The van der Waals surface area contributed by atoms with Gasteiger partial charge in [0.15, 0.2) is 5.82 Å². The summed E-state index contributed by atoms with van der Waals surface area (Å²) in [6.45, 7) is 3.65. The lowest BCUT2D eigenvalue weighted by Gasteiger charge is -2.21. The summed E-state index contributed by atoms with van der Waals surface area (Å²) in [6.07, 6.45) is 0.899. The molecule has 3 aromatic rings. The molecule has 1 saturated heterocycles. The Morgan fingerprint density at radius 2 is 1.83 bits per heavy atom. The summed E-state index contributed by atoms with van der Waals surface area (Å²) in [5.41, 5.74) is 0.905. The molecule has 0 spiro atoms. The first-order valence-electron chi connectivity index (χ1n) is 9.94. The molecule has 1 fully saturated rings. The van der Waals surface area contributed by atoms with Gasteiger partial charge in [-0.15, -0.1) is 11.8 Å². The second kappa shape index (κ2) is 9.86. The normalized spacial score (nSPS) is 15.2. The fourth-order valence-electron chi connectivity index (χ4n) is 3.36. The third kappa shape index (κ3) is 5.46. The quantitative estimate of drug-likeness (QED) is 0.560. The van der Waals surface area contributed by atoms with E-state index in [1.54, 1.807) is 12.1 Å². The Balaban J connectivity index is 1.27. The molecule has 0 aliphatic carbocycles. The van der Waals surface area contributed by atoms with E-state index in [0.717, 1.165) is 36.5 Å². The van der Waals surface area contributed by atoms with Crippen molar-refractivity contribution in [3.63, 3.8) is 0 Å². The molecule has 1 aromatic heterocycles. The van der Waals surface area contributed by atoms with Gasteiger partial charge in [0, 0.05) is 36.6 Å². The van der Waals surface area contributed by atoms with Gasteiger partial charge in [0.25, 0.3) is 5.89 Å². The van der Waals surface area contributed by atoms with Crippen molar-refractivity contribution in [2.75, 3.05) is 31.9 Å². The molecule has 1 amide bonds. The zero-order chi connectivity index (χ0) is 20.8. The van der Waals surface area contributed by atoms with Crippen molar-refractivity contribution >= 4 is 17.7 Å². The highest BCUT2D eigenvalue weighted by molar-refractivity contribution is 8.00. The van der Waals surface area contributed by atoms with E-state index in [9.17, 15) is 9.18 Å². The van der Waals surface area contributed by atoms with Crippen LogP contribution < -0.4 is 0 Å². The zero-order valence-electron chi connectivity index (χ0n) is 16.5. The Hall–Kier alpha value is -2.71. The molecule has 2 heterocycles. The molecule has 0 N–H and O–H groups in total. The summed E-state index contributed by atoms with van der Waals surface area (Å²) in [5, 5.41) is 4.10. The third-order valence-corrected chi connectivity index (χ3v) is 5.97. The number of nitrogens with zero attached hydrogens (tertiary/aromatic N) is 4. The number of halogens is 1. The Kier molecular flexibility index (Phi) is 6.76. The summed E-state index contributed by atoms with van der Waals surface area (Å²) in [7, 11) is 0. The van der Waals surface area contributed by atoms with Crippen LogP contribution in [0.15, 0.2) is 64.0 Å². The van der Waals surface area contributed by atoms with Crippen molar-refractivity contribution in [2.24, 2.45) is 0 Å². The molecule has 1 aliphatic rings. The first-order valence-corrected chi connectivity index (χ1v) is 10.9. The van der Waals surface area contributed by atoms with Crippen LogP contribution in [0.25, 0.3) is 11.5 Å². The minimum atomic E-state index is -0.268. The van der Waals surface area contributed by atoms with Crippen LogP contribution in [0.5, 0.6) is 0 Å². The van der Waals surface area contributed by atoms with Crippen LogP contribution in [-0.2, 0) is 11.3 Å². The average molecular weight is 427 g/mol. The lowest BCUT2D eigenvalue weighted by atomic mass is 10.2. The number of amides is 1. The lowest BCUT2D eigenvalue weighted by Crippen LogP contribution is -2.36. The number of rotatable bonds is 6. The summed E-state index contributed by atoms with van der Waals surface area (Å²) < 4.78 is 18.4. The fraction of sp³-hybridized carbons (Fsp3) is 0.318. The number of benzene rings is 2. The van der Waals surface area contributed by atoms with E-state index in [4.69, 9.17) is 4.52 Å². The largest absolute Gasteiger partial charge is 0.341 e. The first-order chi connectivity index (χ1) is 14.7. The van der Waals surface area contributed by atoms with E-state index < -0.39 is 0 Å². The Morgan fingerprint density at radius 1 is 1.03 bits per heavy atom. The number of carbonyl (C=O) groups excluding carboxylic acids is 1. The number of hydrogen-bond acceptors (Lipinski definition) is 6. The van der Waals surface area contributed by atoms with E-state index in [1.165, 1.54) is 23.9 Å². The first kappa shape index (κ1) is 20.6. The molecule has 156 valence electrons. The molecular formula is C22H23FN4O2S. The minimum Gasteiger partial charge on any atom is -0.341 e. The molecule has 0 radical (unpaired) electrons. The molecule has 30 heavy (non-hydrogen) atoms. The molecular weight excluding hydrogens is 403 g/mol. The van der Waals surface area contributed by atoms with Gasteiger partial charge in [0.2, 0.25) is 5.91 Å². The lowest BCUT2D eigenvalue weighted by molar-refractivity contribution is -0.128. The van der Waals surface area contributed by atoms with Gasteiger partial charge >= 0.3 is 0 Å². The number of carbonyl (C=O) groups is 1. The van der Waals surface area contributed by atoms with E-state index in [-0.39, 0.29) is 11.7 Å². The van der Waals surface area contributed by atoms with E-state index in [0.29, 0.717) is 30.6 Å². The maximum absolute atomic E-state index is 13.0. The Labute approximate surface area is 179 Å². The third-order valence-electron chi connectivity index (χ3n) is 4.97. The van der Waals surface area contributed by atoms with Crippen molar-refractivity contribution in [1.82, 2.24) is 19.9 Å². The van der Waals surface area contributed by atoms with Gasteiger partial charge in [0.05, 0.1) is 12.3 Å². The van der Waals surface area contributed by atoms with E-state index in [2.05, 4.69) is 15.0 Å². The van der Waals surface area contributed by atoms with Crippen LogP contribution in [-0.4, -0.2) is 57.8 Å². The second-order valence-corrected chi connectivity index (χ2v) is 8.18. The molecule has 1 aliphatic heterocycles. The summed E-state index contributed by atoms with van der Waals surface area (Å²) >= 11 is 1.44. The van der Waals surface area contributed by atoms with Gasteiger partial charge in [0.1, 0.15) is 5.82 Å². The maximum atomic E-state index is 13.0. The molecule has 8 heteroatoms. The van der Waals surface area contributed by atoms with Crippen molar-refractivity contribution in [3.05, 3.63) is 66.2 Å². The molecule has 4 rings (SSSR count). The van der Waals surface area contributed by atoms with Crippen molar-refractivity contribution < 1.29 is 13.7 Å². The van der Waals surface area contributed by atoms with Crippen LogP contribution in [0, 0.1) is 5.82 Å². The number of hydrogen-bond donors (Lipinski definition) is 0. The summed E-state index contributed by atoms with van der Waals surface area (Å²) in [6, 6.07) is 15.9. The van der Waals surface area contributed by atoms with Gasteiger partial charge in [-0.1, -0.05) is 23.4 Å². The maximum Gasteiger partial charge on any atom is 0.257 e. The predicted octanol–water partition coefficient (Wildman–Crippen LogP) is 3.70. The number of aromatic nitrogens is 2. The van der Waals surface area contributed by atoms with Gasteiger partial charge in [-0.25, -0.2) is 4.39 Å². The van der Waals surface area contributed by atoms with E-state index in [1.807, 2.05) is 35.2 Å². The highest BCUT2D eigenvalue weighted by Gasteiger charge is 2.20. The highest BCUT2D eigenvalue weighted by Crippen LogP contribution is 2.20. The predicted molar refractivity (Wildman–Crippen MR) is 113 cm³/mol. The Bertz CT molecular complexity index is 965. The topological polar surface area (TPSA) is 62.5 Å². The zero-order valence-corrected chi connectivity index (χ0v) is 17.4. The molecule has 6 nitrogen and oxygen atoms in total. The van der Waals surface area contributed by atoms with Crippen LogP contribution in [0.1, 0.15) is 12.2 Å². The van der Waals surface area contributed by atoms with Crippen LogP contribution in [0.4, 0.5) is 4.39 Å². The molecule has 0 atom stereocenters. The molecule has 2 aromatic carbocycles. The summed E-state index contributed by atoms with van der Waals surface area (Å²) in [5.74, 6) is 1.38. The van der Waals surface area contributed by atoms with Gasteiger partial charge in [-0.2, -0.15) is 4.98 Å². The van der Waals surface area contributed by atoms with E-state index >= 15 is 0 Å². The van der Waals surface area contributed by atoms with Crippen molar-refractivity contribution in [3.8, 4) is 11.5 Å². The van der Waals surface area contributed by atoms with Crippen LogP contribution in [0.2, 0.25) is 0 Å². The van der Waals surface area contributed by atoms with Crippen LogP contribution >= 0.6 is 11.8 Å². The average Bonchev–Trinajstić information content (AvgIpc) is 3.11. The Morgan fingerprint density at radius 3 is 2.63 bits per heavy atom. The minimum absolute atomic E-state index is 0.108. The monoisotopic (exact) mass is 426 g/mol. The van der Waals surface area contributed by atoms with Crippen LogP contribution in [0.3, 0.4) is 0 Å². The van der Waals surface area contributed by atoms with Crippen molar-refractivity contribution in [1.29, 1.82) is 0 Å². The SMILES string of the molecule is O=C(CSc1ccc(F)cc1)N1CCCN(Cc2noc(-c3ccccc3)n2)CC1. The standard InChI is InChI=1S/C22H23FN4O2S/c23-18-7-9-19(10-8-18)30-16-21(28)27-12-4-11-26(13-14-27)15-20-24-22(29-25-20)17-5-2-1-3-6-17/h1-3,5-10H,4,11-16H2. The highest BCUT2D eigenvalue weighted by atomic mass is 32.2. The van der Waals surface area contributed by atoms with Crippen molar-refractivity contribution in [2.45, 2.75) is 17.9 Å². The van der Waals surface area contributed by atoms with Gasteiger partial charge in [-0.3, -0.25) is 9.69 Å². The smallest absolute Gasteiger partial charge is 0.257 e. The second-order valence-electron chi connectivity index (χ2n) is 7.13. The fourth-order valence-corrected chi connectivity index (χ4v) is 4.16. The molecule has 0 bridgehead atoms. The van der Waals surface area contributed by atoms with Gasteiger partial charge in [-0.05, 0) is 42.8 Å². The van der Waals surface area contributed by atoms with Gasteiger partial charge < -0.3 is 9.42 Å². The molecule has 0 unspecified atom stereocenters.